The first kappa shape index (κ1) is 13.1. The predicted octanol–water partition coefficient (Wildman–Crippen LogP) is 2.45. The lowest BCUT2D eigenvalue weighted by molar-refractivity contribution is 0.180. The van der Waals surface area contributed by atoms with Crippen molar-refractivity contribution in [3.8, 4) is 0 Å². The van der Waals surface area contributed by atoms with Crippen LogP contribution in [0.1, 0.15) is 6.42 Å². The number of thioether (sulfide) groups is 1. The molecular weight excluding hydrogens is 256 g/mol. The van der Waals surface area contributed by atoms with Crippen LogP contribution in [0.3, 0.4) is 0 Å². The Morgan fingerprint density at radius 1 is 1.65 bits per heavy atom. The Hall–Kier alpha value is -0.290. The average Bonchev–Trinajstić information content (AvgIpc) is 2.86. The zero-order valence-electron chi connectivity index (χ0n) is 9.86. The zero-order valence-corrected chi connectivity index (χ0v) is 11.4. The molecule has 0 spiro atoms. The molecule has 2 rings (SSSR count). The SMILES string of the molecule is CNC(CSc1ccc(Cl)cn1)C1CCOC1. The molecule has 1 N–H and O–H groups in total. The Morgan fingerprint density at radius 2 is 2.53 bits per heavy atom. The van der Waals surface area contributed by atoms with E-state index in [4.69, 9.17) is 16.3 Å². The van der Waals surface area contributed by atoms with Gasteiger partial charge in [-0.3, -0.25) is 0 Å². The minimum Gasteiger partial charge on any atom is -0.381 e. The van der Waals surface area contributed by atoms with E-state index in [2.05, 4.69) is 10.3 Å². The molecule has 0 saturated carbocycles. The third-order valence-corrected chi connectivity index (χ3v) is 4.30. The highest BCUT2D eigenvalue weighted by Gasteiger charge is 2.24. The largest absolute Gasteiger partial charge is 0.381 e. The summed E-state index contributed by atoms with van der Waals surface area (Å²) in [6.45, 7) is 1.77. The number of nitrogens with zero attached hydrogens (tertiary/aromatic N) is 1. The maximum absolute atomic E-state index is 5.80. The second-order valence-corrected chi connectivity index (χ2v) is 5.62. The summed E-state index contributed by atoms with van der Waals surface area (Å²) in [5.41, 5.74) is 0. The maximum Gasteiger partial charge on any atom is 0.0961 e. The zero-order chi connectivity index (χ0) is 12.1. The van der Waals surface area contributed by atoms with Crippen LogP contribution in [0.5, 0.6) is 0 Å². The van der Waals surface area contributed by atoms with Crippen molar-refractivity contribution < 1.29 is 4.74 Å². The van der Waals surface area contributed by atoms with E-state index in [0.29, 0.717) is 17.0 Å². The first-order valence-corrected chi connectivity index (χ1v) is 7.15. The summed E-state index contributed by atoms with van der Waals surface area (Å²) in [5, 5.41) is 5.08. The van der Waals surface area contributed by atoms with Crippen LogP contribution in [-0.2, 0) is 4.74 Å². The number of hydrogen-bond donors (Lipinski definition) is 1. The van der Waals surface area contributed by atoms with Gasteiger partial charge >= 0.3 is 0 Å². The molecule has 1 aliphatic heterocycles. The number of hydrogen-bond acceptors (Lipinski definition) is 4. The van der Waals surface area contributed by atoms with E-state index < -0.39 is 0 Å². The van der Waals surface area contributed by atoms with Crippen molar-refractivity contribution in [1.29, 1.82) is 0 Å². The lowest BCUT2D eigenvalue weighted by Crippen LogP contribution is -2.36. The van der Waals surface area contributed by atoms with Crippen molar-refractivity contribution in [3.63, 3.8) is 0 Å². The van der Waals surface area contributed by atoms with Crippen molar-refractivity contribution in [2.75, 3.05) is 26.0 Å². The molecule has 1 fully saturated rings. The van der Waals surface area contributed by atoms with Gasteiger partial charge in [-0.05, 0) is 25.6 Å². The number of ether oxygens (including phenoxy) is 1. The topological polar surface area (TPSA) is 34.2 Å². The molecule has 0 amide bonds. The monoisotopic (exact) mass is 272 g/mol. The van der Waals surface area contributed by atoms with Gasteiger partial charge in [-0.15, -0.1) is 11.8 Å². The van der Waals surface area contributed by atoms with Crippen molar-refractivity contribution in [2.45, 2.75) is 17.5 Å². The minimum absolute atomic E-state index is 0.486. The Bertz CT molecular complexity index is 341. The van der Waals surface area contributed by atoms with Crippen LogP contribution in [-0.4, -0.2) is 37.0 Å². The van der Waals surface area contributed by atoms with E-state index >= 15 is 0 Å². The molecule has 1 aliphatic rings. The summed E-state index contributed by atoms with van der Waals surface area (Å²) in [5.74, 6) is 1.64. The molecule has 1 saturated heterocycles. The smallest absolute Gasteiger partial charge is 0.0961 e. The van der Waals surface area contributed by atoms with Gasteiger partial charge in [0.1, 0.15) is 0 Å². The van der Waals surface area contributed by atoms with E-state index in [1.54, 1.807) is 18.0 Å². The van der Waals surface area contributed by atoms with Crippen LogP contribution >= 0.6 is 23.4 Å². The van der Waals surface area contributed by atoms with Crippen molar-refractivity contribution in [1.82, 2.24) is 10.3 Å². The van der Waals surface area contributed by atoms with Crippen LogP contribution in [0.15, 0.2) is 23.4 Å². The molecule has 1 aromatic heterocycles. The van der Waals surface area contributed by atoms with Crippen LogP contribution in [0.25, 0.3) is 0 Å². The highest BCUT2D eigenvalue weighted by atomic mass is 35.5. The lowest BCUT2D eigenvalue weighted by atomic mass is 10.0. The molecule has 0 radical (unpaired) electrons. The van der Waals surface area contributed by atoms with Crippen LogP contribution in [0.4, 0.5) is 0 Å². The summed E-state index contributed by atoms with van der Waals surface area (Å²) in [6, 6.07) is 4.33. The van der Waals surface area contributed by atoms with Gasteiger partial charge in [0.15, 0.2) is 0 Å². The van der Waals surface area contributed by atoms with E-state index in [0.717, 1.165) is 30.4 Å². The second kappa shape index (κ2) is 6.59. The second-order valence-electron chi connectivity index (χ2n) is 4.14. The van der Waals surface area contributed by atoms with Crippen molar-refractivity contribution >= 4 is 23.4 Å². The molecule has 0 aromatic carbocycles. The molecule has 0 bridgehead atoms. The van der Waals surface area contributed by atoms with Crippen molar-refractivity contribution in [2.24, 2.45) is 5.92 Å². The molecule has 17 heavy (non-hydrogen) atoms. The highest BCUT2D eigenvalue weighted by Crippen LogP contribution is 2.23. The first-order valence-electron chi connectivity index (χ1n) is 5.79. The molecule has 1 aromatic rings. The fourth-order valence-corrected chi connectivity index (χ4v) is 3.14. The molecule has 2 unspecified atom stereocenters. The van der Waals surface area contributed by atoms with Gasteiger partial charge in [0.25, 0.3) is 0 Å². The average molecular weight is 273 g/mol. The fourth-order valence-electron chi connectivity index (χ4n) is 1.95. The van der Waals surface area contributed by atoms with Crippen molar-refractivity contribution in [3.05, 3.63) is 23.4 Å². The molecule has 2 atom stereocenters. The standard InChI is InChI=1S/C12H17ClN2OS/c1-14-11(9-4-5-16-7-9)8-17-12-3-2-10(13)6-15-12/h2-3,6,9,11,14H,4-5,7-8H2,1H3. The summed E-state index contributed by atoms with van der Waals surface area (Å²) in [4.78, 5) is 4.28. The number of pyridine rings is 1. The molecule has 3 nitrogen and oxygen atoms in total. The molecular formula is C12H17ClN2OS. The Labute approximate surface area is 111 Å². The van der Waals surface area contributed by atoms with E-state index in [1.165, 1.54) is 0 Å². The fraction of sp³-hybridized carbons (Fsp3) is 0.583. The number of aromatic nitrogens is 1. The quantitative estimate of drug-likeness (QED) is 0.835. The molecule has 2 heterocycles. The van der Waals surface area contributed by atoms with Crippen LogP contribution < -0.4 is 5.32 Å². The van der Waals surface area contributed by atoms with Gasteiger partial charge in [0, 0.05) is 30.5 Å². The first-order chi connectivity index (χ1) is 8.29. The van der Waals surface area contributed by atoms with Crippen LogP contribution in [0.2, 0.25) is 5.02 Å². The molecule has 0 aliphatic carbocycles. The third kappa shape index (κ3) is 3.85. The number of rotatable bonds is 5. The minimum atomic E-state index is 0.486. The Morgan fingerprint density at radius 3 is 3.12 bits per heavy atom. The summed E-state index contributed by atoms with van der Waals surface area (Å²) in [6.07, 6.45) is 2.84. The normalized spacial score (nSPS) is 21.6. The van der Waals surface area contributed by atoms with Crippen LogP contribution in [0, 0.1) is 5.92 Å². The molecule has 5 heteroatoms. The van der Waals surface area contributed by atoms with Gasteiger partial charge in [-0.1, -0.05) is 11.6 Å². The maximum atomic E-state index is 5.80. The predicted molar refractivity (Wildman–Crippen MR) is 71.7 cm³/mol. The van der Waals surface area contributed by atoms with Gasteiger partial charge in [0.2, 0.25) is 0 Å². The van der Waals surface area contributed by atoms with E-state index in [9.17, 15) is 0 Å². The van der Waals surface area contributed by atoms with Gasteiger partial charge in [-0.25, -0.2) is 4.98 Å². The number of halogens is 1. The summed E-state index contributed by atoms with van der Waals surface area (Å²) in [7, 11) is 2.01. The Kier molecular flexibility index (Phi) is 5.10. The highest BCUT2D eigenvalue weighted by molar-refractivity contribution is 7.99. The van der Waals surface area contributed by atoms with Gasteiger partial charge in [-0.2, -0.15) is 0 Å². The molecule has 94 valence electrons. The van der Waals surface area contributed by atoms with E-state index in [-0.39, 0.29) is 0 Å². The summed E-state index contributed by atoms with van der Waals surface area (Å²) >= 11 is 7.57. The van der Waals surface area contributed by atoms with E-state index in [1.807, 2.05) is 19.2 Å². The number of nitrogens with one attached hydrogen (secondary N) is 1. The third-order valence-electron chi connectivity index (χ3n) is 3.02. The lowest BCUT2D eigenvalue weighted by Gasteiger charge is -2.21. The van der Waals surface area contributed by atoms with Gasteiger partial charge in [0.05, 0.1) is 16.7 Å². The summed E-state index contributed by atoms with van der Waals surface area (Å²) < 4.78 is 5.43. The van der Waals surface area contributed by atoms with Gasteiger partial charge < -0.3 is 10.1 Å². The Balaban J connectivity index is 1.84.